The zero-order chi connectivity index (χ0) is 19.8. The fourth-order valence-electron chi connectivity index (χ4n) is 2.31. The van der Waals surface area contributed by atoms with E-state index in [2.05, 4.69) is 15.6 Å². The number of hydrogen-bond donors (Lipinski definition) is 2. The molecular weight excluding hydrogens is 407 g/mol. The van der Waals surface area contributed by atoms with Crippen molar-refractivity contribution in [3.8, 4) is 0 Å². The van der Waals surface area contributed by atoms with Gasteiger partial charge >= 0.3 is 6.03 Å². The van der Waals surface area contributed by atoms with E-state index in [4.69, 9.17) is 23.2 Å². The van der Waals surface area contributed by atoms with Crippen LogP contribution in [-0.2, 0) is 6.54 Å². The molecule has 2 rings (SSSR count). The van der Waals surface area contributed by atoms with E-state index in [-0.39, 0.29) is 11.9 Å². The first kappa shape index (κ1) is 21.5. The Labute approximate surface area is 172 Å². The van der Waals surface area contributed by atoms with Gasteiger partial charge in [-0.25, -0.2) is 9.78 Å². The molecule has 3 amide bonds. The molecule has 0 aliphatic rings. The van der Waals surface area contributed by atoms with E-state index < -0.39 is 0 Å². The van der Waals surface area contributed by atoms with Gasteiger partial charge in [0, 0.05) is 18.5 Å². The Bertz CT molecular complexity index is 777. The maximum Gasteiger partial charge on any atom is 0.322 e. The molecule has 0 bridgehead atoms. The summed E-state index contributed by atoms with van der Waals surface area (Å²) < 4.78 is 0. The predicted molar refractivity (Wildman–Crippen MR) is 111 cm³/mol. The average Bonchev–Trinajstić information content (AvgIpc) is 3.11. The fraction of sp³-hybridized carbons (Fsp3) is 0.389. The molecule has 0 radical (unpaired) electrons. The first-order chi connectivity index (χ1) is 13.0. The van der Waals surface area contributed by atoms with Crippen molar-refractivity contribution in [2.24, 2.45) is 0 Å². The minimum absolute atomic E-state index is 0.200. The Morgan fingerprint density at radius 1 is 1.19 bits per heavy atom. The molecule has 0 unspecified atom stereocenters. The molecule has 27 heavy (non-hydrogen) atoms. The number of thiazole rings is 1. The number of para-hydroxylation sites is 1. The maximum absolute atomic E-state index is 12.7. The van der Waals surface area contributed by atoms with Gasteiger partial charge in [0.25, 0.3) is 5.91 Å². The molecule has 0 saturated heterocycles. The van der Waals surface area contributed by atoms with Crippen molar-refractivity contribution in [3.05, 3.63) is 44.3 Å². The van der Waals surface area contributed by atoms with Gasteiger partial charge < -0.3 is 15.5 Å². The van der Waals surface area contributed by atoms with Gasteiger partial charge in [0.1, 0.15) is 10.7 Å². The third-order valence-electron chi connectivity index (χ3n) is 3.62. The molecule has 0 atom stereocenters. The number of halogens is 2. The highest BCUT2D eigenvalue weighted by atomic mass is 35.5. The van der Waals surface area contributed by atoms with E-state index >= 15 is 0 Å². The summed E-state index contributed by atoms with van der Waals surface area (Å²) in [5.74, 6) is -0.200. The number of carbonyl (C=O) groups is 2. The first-order valence-electron chi connectivity index (χ1n) is 8.68. The van der Waals surface area contributed by atoms with Crippen LogP contribution in [0.3, 0.4) is 0 Å². The maximum atomic E-state index is 12.7. The number of nitrogens with one attached hydrogen (secondary N) is 2. The van der Waals surface area contributed by atoms with E-state index in [1.165, 1.54) is 11.3 Å². The molecule has 0 aliphatic carbocycles. The van der Waals surface area contributed by atoms with Gasteiger partial charge in [-0.3, -0.25) is 4.79 Å². The second kappa shape index (κ2) is 10.5. The van der Waals surface area contributed by atoms with Gasteiger partial charge in [0.05, 0.1) is 22.3 Å². The van der Waals surface area contributed by atoms with Crippen LogP contribution in [0.15, 0.2) is 23.6 Å². The number of carbonyl (C=O) groups excluding carboxylic acids is 2. The van der Waals surface area contributed by atoms with Crippen molar-refractivity contribution < 1.29 is 9.59 Å². The zero-order valence-corrected chi connectivity index (χ0v) is 17.5. The number of nitrogens with zero attached hydrogens (tertiary/aromatic N) is 2. The molecule has 2 N–H and O–H groups in total. The molecule has 6 nitrogen and oxygen atoms in total. The summed E-state index contributed by atoms with van der Waals surface area (Å²) in [5, 5.41) is 8.68. The van der Waals surface area contributed by atoms with E-state index in [0.29, 0.717) is 46.1 Å². The molecular formula is C18H22Cl2N4O2S. The molecule has 0 aliphatic heterocycles. The highest BCUT2D eigenvalue weighted by molar-refractivity contribution is 7.09. The second-order valence-corrected chi connectivity index (χ2v) is 7.59. The smallest absolute Gasteiger partial charge is 0.322 e. The summed E-state index contributed by atoms with van der Waals surface area (Å²) in [4.78, 5) is 30.6. The van der Waals surface area contributed by atoms with E-state index in [1.54, 1.807) is 28.5 Å². The highest BCUT2D eigenvalue weighted by Crippen LogP contribution is 2.30. The van der Waals surface area contributed by atoms with Crippen LogP contribution < -0.4 is 10.6 Å². The van der Waals surface area contributed by atoms with Crippen molar-refractivity contribution in [1.29, 1.82) is 0 Å². The summed E-state index contributed by atoms with van der Waals surface area (Å²) in [6, 6.07) is 4.72. The lowest BCUT2D eigenvalue weighted by Crippen LogP contribution is -2.35. The number of urea groups is 1. The van der Waals surface area contributed by atoms with Crippen LogP contribution in [0.1, 0.15) is 42.2 Å². The lowest BCUT2D eigenvalue weighted by atomic mass is 10.3. The summed E-state index contributed by atoms with van der Waals surface area (Å²) >= 11 is 13.6. The van der Waals surface area contributed by atoms with Gasteiger partial charge in [-0.1, -0.05) is 43.1 Å². The Balaban J connectivity index is 2.08. The van der Waals surface area contributed by atoms with Gasteiger partial charge in [-0.05, 0) is 25.0 Å². The quantitative estimate of drug-likeness (QED) is 0.618. The fourth-order valence-corrected chi connectivity index (χ4v) is 3.59. The summed E-state index contributed by atoms with van der Waals surface area (Å²) in [6.07, 6.45) is 1.64. The van der Waals surface area contributed by atoms with Crippen LogP contribution in [0.25, 0.3) is 0 Å². The van der Waals surface area contributed by atoms with Crippen LogP contribution in [0.2, 0.25) is 10.0 Å². The largest absolute Gasteiger partial charge is 0.351 e. The minimum atomic E-state index is -0.320. The summed E-state index contributed by atoms with van der Waals surface area (Å²) in [5.41, 5.74) is 0.750. The lowest BCUT2D eigenvalue weighted by molar-refractivity contribution is 0.0949. The average molecular weight is 429 g/mol. The Kier molecular flexibility index (Phi) is 8.34. The number of amides is 3. The summed E-state index contributed by atoms with van der Waals surface area (Å²) in [7, 11) is 0. The van der Waals surface area contributed by atoms with Gasteiger partial charge in [-0.2, -0.15) is 0 Å². The van der Waals surface area contributed by atoms with Gasteiger partial charge in [0.15, 0.2) is 0 Å². The summed E-state index contributed by atoms with van der Waals surface area (Å²) in [6.45, 7) is 5.40. The van der Waals surface area contributed by atoms with Gasteiger partial charge in [0.2, 0.25) is 0 Å². The normalized spacial score (nSPS) is 10.5. The molecule has 2 aromatic rings. The third-order valence-corrected chi connectivity index (χ3v) is 5.09. The number of benzene rings is 1. The topological polar surface area (TPSA) is 74.3 Å². The second-order valence-electron chi connectivity index (χ2n) is 5.83. The van der Waals surface area contributed by atoms with Crippen LogP contribution in [-0.4, -0.2) is 34.9 Å². The van der Waals surface area contributed by atoms with E-state index in [1.807, 2.05) is 13.8 Å². The Hall–Kier alpha value is -1.83. The standard InChI is InChI=1S/C18H22Cl2N4O2S/c1-3-8-21-17(25)14-11-27-15(22-14)10-24(9-4-2)18(26)23-16-12(19)6-5-7-13(16)20/h5-7,11H,3-4,8-10H2,1-2H3,(H,21,25)(H,23,26). The first-order valence-corrected chi connectivity index (χ1v) is 10.3. The molecule has 1 aromatic carbocycles. The van der Waals surface area contributed by atoms with Crippen LogP contribution >= 0.6 is 34.5 Å². The van der Waals surface area contributed by atoms with E-state index in [9.17, 15) is 9.59 Å². The number of anilines is 1. The Morgan fingerprint density at radius 2 is 1.89 bits per heavy atom. The third kappa shape index (κ3) is 6.09. The van der Waals surface area contributed by atoms with Crippen molar-refractivity contribution in [2.75, 3.05) is 18.4 Å². The molecule has 146 valence electrons. The monoisotopic (exact) mass is 428 g/mol. The molecule has 0 spiro atoms. The molecule has 0 saturated carbocycles. The van der Waals surface area contributed by atoms with Gasteiger partial charge in [-0.15, -0.1) is 11.3 Å². The minimum Gasteiger partial charge on any atom is -0.351 e. The molecule has 0 fully saturated rings. The number of aromatic nitrogens is 1. The molecule has 1 aromatic heterocycles. The lowest BCUT2D eigenvalue weighted by Gasteiger charge is -2.22. The van der Waals surface area contributed by atoms with Crippen molar-refractivity contribution in [2.45, 2.75) is 33.2 Å². The van der Waals surface area contributed by atoms with Crippen molar-refractivity contribution in [1.82, 2.24) is 15.2 Å². The number of rotatable bonds is 8. The Morgan fingerprint density at radius 3 is 2.52 bits per heavy atom. The molecule has 1 heterocycles. The molecule has 9 heteroatoms. The van der Waals surface area contributed by atoms with E-state index in [0.717, 1.165) is 12.8 Å². The SMILES string of the molecule is CCCNC(=O)c1csc(CN(CCC)C(=O)Nc2c(Cl)cccc2Cl)n1. The van der Waals surface area contributed by atoms with Crippen LogP contribution in [0.5, 0.6) is 0 Å². The van der Waals surface area contributed by atoms with Crippen LogP contribution in [0, 0.1) is 0 Å². The zero-order valence-electron chi connectivity index (χ0n) is 15.2. The van der Waals surface area contributed by atoms with Crippen molar-refractivity contribution >= 4 is 52.2 Å². The van der Waals surface area contributed by atoms with Crippen molar-refractivity contribution in [3.63, 3.8) is 0 Å². The predicted octanol–water partition coefficient (Wildman–Crippen LogP) is 5.03. The number of hydrogen-bond acceptors (Lipinski definition) is 4. The van der Waals surface area contributed by atoms with Crippen LogP contribution in [0.4, 0.5) is 10.5 Å². The highest BCUT2D eigenvalue weighted by Gasteiger charge is 2.19.